The number of amides is 3. The van der Waals surface area contributed by atoms with Crippen molar-refractivity contribution in [2.24, 2.45) is 0 Å². The van der Waals surface area contributed by atoms with Crippen LogP contribution in [-0.2, 0) is 16.2 Å². The van der Waals surface area contributed by atoms with Crippen LogP contribution >= 0.6 is 12.2 Å². The zero-order valence-corrected chi connectivity index (χ0v) is 24.8. The molecule has 2 fully saturated rings. The summed E-state index contributed by atoms with van der Waals surface area (Å²) in [5.41, 5.74) is 4.81. The molecule has 3 aromatic carbocycles. The van der Waals surface area contributed by atoms with E-state index >= 15 is 0 Å². The average Bonchev–Trinajstić information content (AvgIpc) is 3.00. The van der Waals surface area contributed by atoms with E-state index < -0.39 is 11.8 Å². The van der Waals surface area contributed by atoms with Crippen molar-refractivity contribution in [2.75, 3.05) is 25.1 Å². The van der Waals surface area contributed by atoms with Gasteiger partial charge in [0.15, 0.2) is 16.6 Å². The van der Waals surface area contributed by atoms with Gasteiger partial charge in [-0.2, -0.15) is 0 Å². The number of ether oxygens (including phenoxy) is 2. The first-order chi connectivity index (χ1) is 20.2. The molecule has 0 aromatic heterocycles. The number of benzene rings is 3. The quantitative estimate of drug-likeness (QED) is 0.229. The smallest absolute Gasteiger partial charge is 0.270 e. The van der Waals surface area contributed by atoms with Crippen molar-refractivity contribution in [3.8, 4) is 11.5 Å². The first-order valence-corrected chi connectivity index (χ1v) is 14.3. The Morgan fingerprint density at radius 3 is 2.36 bits per heavy atom. The molecule has 5 rings (SSSR count). The maximum Gasteiger partial charge on any atom is 0.270 e. The number of anilines is 1. The number of nitrogens with zero attached hydrogens (tertiary/aromatic N) is 2. The molecular weight excluding hydrogens is 550 g/mol. The normalized spacial score (nSPS) is 16.5. The SMILES string of the molecule is COc1cc(/C=C2\C(=O)NC(=S)N(c3ccc(C)c(C)c3)C2=O)ccc1OCc1ccc(C(=O)N2CCCCC2)cc1. The van der Waals surface area contributed by atoms with Gasteiger partial charge in [0.25, 0.3) is 17.7 Å². The van der Waals surface area contributed by atoms with E-state index in [1.165, 1.54) is 24.5 Å². The standard InChI is InChI=1S/C33H33N3O5S/c1-21-7-13-26(17-22(21)2)36-32(39)27(30(37)34-33(36)42)18-24-10-14-28(29(19-24)40-3)41-20-23-8-11-25(12-9-23)31(38)35-15-5-4-6-16-35/h7-14,17-19H,4-6,15-16,20H2,1-3H3,(H,34,37,42)/b27-18+. The highest BCUT2D eigenvalue weighted by Gasteiger charge is 2.34. The molecule has 3 aromatic rings. The summed E-state index contributed by atoms with van der Waals surface area (Å²) in [5, 5.41) is 2.66. The Balaban J connectivity index is 1.29. The molecule has 0 radical (unpaired) electrons. The Hall–Kier alpha value is -4.50. The Kier molecular flexibility index (Phi) is 8.68. The van der Waals surface area contributed by atoms with Gasteiger partial charge in [-0.3, -0.25) is 24.6 Å². The third-order valence-electron chi connectivity index (χ3n) is 7.59. The molecule has 0 bridgehead atoms. The van der Waals surface area contributed by atoms with E-state index in [-0.39, 0.29) is 23.2 Å². The summed E-state index contributed by atoms with van der Waals surface area (Å²) in [6.45, 7) is 5.84. The van der Waals surface area contributed by atoms with E-state index in [1.807, 2.05) is 55.1 Å². The molecule has 0 unspecified atom stereocenters. The van der Waals surface area contributed by atoms with E-state index in [1.54, 1.807) is 24.3 Å². The van der Waals surface area contributed by atoms with E-state index in [0.717, 1.165) is 42.6 Å². The van der Waals surface area contributed by atoms with E-state index in [0.29, 0.717) is 28.3 Å². The molecule has 2 aliphatic rings. The summed E-state index contributed by atoms with van der Waals surface area (Å²) < 4.78 is 11.6. The van der Waals surface area contributed by atoms with Gasteiger partial charge >= 0.3 is 0 Å². The Labute approximate surface area is 250 Å². The largest absolute Gasteiger partial charge is 0.493 e. The zero-order chi connectivity index (χ0) is 29.8. The van der Waals surface area contributed by atoms with Gasteiger partial charge in [0.2, 0.25) is 0 Å². The van der Waals surface area contributed by atoms with Crippen LogP contribution in [0.2, 0.25) is 0 Å². The van der Waals surface area contributed by atoms with Gasteiger partial charge in [-0.25, -0.2) is 0 Å². The highest BCUT2D eigenvalue weighted by molar-refractivity contribution is 7.80. The van der Waals surface area contributed by atoms with Crippen LogP contribution in [-0.4, -0.2) is 47.9 Å². The molecule has 1 N–H and O–H groups in total. The predicted molar refractivity (Wildman–Crippen MR) is 166 cm³/mol. The van der Waals surface area contributed by atoms with Crippen molar-refractivity contribution >= 4 is 46.8 Å². The maximum absolute atomic E-state index is 13.4. The first kappa shape index (κ1) is 29.0. The molecule has 0 aliphatic carbocycles. The third-order valence-corrected chi connectivity index (χ3v) is 7.87. The van der Waals surface area contributed by atoms with Gasteiger partial charge < -0.3 is 14.4 Å². The Bertz CT molecular complexity index is 1570. The second-order valence-corrected chi connectivity index (χ2v) is 10.9. The van der Waals surface area contributed by atoms with Gasteiger partial charge in [0.05, 0.1) is 12.8 Å². The number of nitrogens with one attached hydrogen (secondary N) is 1. The fraction of sp³-hybridized carbons (Fsp3) is 0.273. The van der Waals surface area contributed by atoms with Gasteiger partial charge in [-0.05, 0) is 110 Å². The van der Waals surface area contributed by atoms with Crippen molar-refractivity contribution in [3.05, 3.63) is 94.1 Å². The summed E-state index contributed by atoms with van der Waals surface area (Å²) in [4.78, 5) is 42.2. The van der Waals surface area contributed by atoms with Crippen LogP contribution in [0.25, 0.3) is 6.08 Å². The van der Waals surface area contributed by atoms with Crippen LogP contribution in [0.1, 0.15) is 51.9 Å². The maximum atomic E-state index is 13.4. The second kappa shape index (κ2) is 12.6. The topological polar surface area (TPSA) is 88.2 Å². The zero-order valence-electron chi connectivity index (χ0n) is 23.9. The minimum atomic E-state index is -0.563. The molecule has 0 spiro atoms. The van der Waals surface area contributed by atoms with Crippen LogP contribution in [0, 0.1) is 13.8 Å². The minimum Gasteiger partial charge on any atom is -0.493 e. The average molecular weight is 584 g/mol. The highest BCUT2D eigenvalue weighted by atomic mass is 32.1. The summed E-state index contributed by atoms with van der Waals surface area (Å²) >= 11 is 5.32. The molecule has 0 atom stereocenters. The lowest BCUT2D eigenvalue weighted by Crippen LogP contribution is -2.54. The minimum absolute atomic E-state index is 0.0376. The van der Waals surface area contributed by atoms with Gasteiger partial charge in [0, 0.05) is 18.7 Å². The Morgan fingerprint density at radius 2 is 1.67 bits per heavy atom. The number of methoxy groups -OCH3 is 1. The van der Waals surface area contributed by atoms with E-state index in [9.17, 15) is 14.4 Å². The number of hydrogen-bond acceptors (Lipinski definition) is 6. The number of thiocarbonyl (C=S) groups is 1. The van der Waals surface area contributed by atoms with Gasteiger partial charge in [-0.1, -0.05) is 24.3 Å². The third kappa shape index (κ3) is 6.21. The molecule has 2 aliphatic heterocycles. The second-order valence-electron chi connectivity index (χ2n) is 10.5. The number of hydrogen-bond donors (Lipinski definition) is 1. The fourth-order valence-electron chi connectivity index (χ4n) is 5.00. The molecule has 216 valence electrons. The molecule has 9 heteroatoms. The monoisotopic (exact) mass is 583 g/mol. The van der Waals surface area contributed by atoms with Gasteiger partial charge in [0.1, 0.15) is 12.2 Å². The molecule has 42 heavy (non-hydrogen) atoms. The molecule has 2 saturated heterocycles. The van der Waals surface area contributed by atoms with Crippen molar-refractivity contribution < 1.29 is 23.9 Å². The number of carbonyl (C=O) groups is 3. The number of carbonyl (C=O) groups excluding carboxylic acids is 3. The lowest BCUT2D eigenvalue weighted by molar-refractivity contribution is -0.122. The number of rotatable bonds is 7. The van der Waals surface area contributed by atoms with Crippen LogP contribution in [0.4, 0.5) is 5.69 Å². The van der Waals surface area contributed by atoms with Crippen LogP contribution < -0.4 is 19.7 Å². The van der Waals surface area contributed by atoms with Crippen molar-refractivity contribution in [1.82, 2.24) is 10.2 Å². The van der Waals surface area contributed by atoms with Crippen molar-refractivity contribution in [2.45, 2.75) is 39.7 Å². The summed E-state index contributed by atoms with van der Waals surface area (Å²) in [6.07, 6.45) is 4.80. The molecule has 3 amide bonds. The van der Waals surface area contributed by atoms with Crippen LogP contribution in [0.15, 0.2) is 66.2 Å². The molecular formula is C33H33N3O5S. The van der Waals surface area contributed by atoms with Crippen molar-refractivity contribution in [3.63, 3.8) is 0 Å². The highest BCUT2D eigenvalue weighted by Crippen LogP contribution is 2.31. The van der Waals surface area contributed by atoms with E-state index in [2.05, 4.69) is 5.32 Å². The van der Waals surface area contributed by atoms with Crippen molar-refractivity contribution in [1.29, 1.82) is 0 Å². The summed E-state index contributed by atoms with van der Waals surface area (Å²) in [6, 6.07) is 18.2. The number of aryl methyl sites for hydroxylation is 2. The van der Waals surface area contributed by atoms with Gasteiger partial charge in [-0.15, -0.1) is 0 Å². The molecule has 0 saturated carbocycles. The van der Waals surface area contributed by atoms with Crippen LogP contribution in [0.3, 0.4) is 0 Å². The number of likely N-dealkylation sites (tertiary alicyclic amines) is 1. The lowest BCUT2D eigenvalue weighted by atomic mass is 10.0. The Morgan fingerprint density at radius 1 is 0.929 bits per heavy atom. The summed E-state index contributed by atoms with van der Waals surface area (Å²) in [5.74, 6) is -0.0466. The number of piperidine rings is 1. The molecule has 8 nitrogen and oxygen atoms in total. The molecule has 2 heterocycles. The fourth-order valence-corrected chi connectivity index (χ4v) is 5.28. The first-order valence-electron chi connectivity index (χ1n) is 13.9. The van der Waals surface area contributed by atoms with E-state index in [4.69, 9.17) is 21.7 Å². The summed E-state index contributed by atoms with van der Waals surface area (Å²) in [7, 11) is 1.53. The predicted octanol–water partition coefficient (Wildman–Crippen LogP) is 5.35. The van der Waals surface area contributed by atoms with Crippen LogP contribution in [0.5, 0.6) is 11.5 Å². The lowest BCUT2D eigenvalue weighted by Gasteiger charge is -2.29.